The molecule has 0 aliphatic carbocycles. The van der Waals surface area contributed by atoms with Crippen LogP contribution in [-0.2, 0) is 16.1 Å². The first-order chi connectivity index (χ1) is 15.8. The molecule has 0 saturated carbocycles. The highest BCUT2D eigenvalue weighted by Gasteiger charge is 2.27. The Kier molecular flexibility index (Phi) is 8.22. The van der Waals surface area contributed by atoms with Gasteiger partial charge in [0.05, 0.1) is 35.7 Å². The van der Waals surface area contributed by atoms with Crippen LogP contribution in [0.3, 0.4) is 0 Å². The summed E-state index contributed by atoms with van der Waals surface area (Å²) in [5.74, 6) is -0.396. The molecule has 3 rings (SSSR count). The van der Waals surface area contributed by atoms with Crippen molar-refractivity contribution in [2.75, 3.05) is 13.2 Å². The number of hydrogen-bond donors (Lipinski definition) is 0. The lowest BCUT2D eigenvalue weighted by Gasteiger charge is -2.18. The smallest absolute Gasteiger partial charge is 0.340 e. The number of rotatable bonds is 8. The van der Waals surface area contributed by atoms with Crippen LogP contribution in [-0.4, -0.2) is 30.1 Å². The summed E-state index contributed by atoms with van der Waals surface area (Å²) in [6.07, 6.45) is 0. The molecule has 2 aromatic carbocycles. The predicted molar refractivity (Wildman–Crippen MR) is 130 cm³/mol. The average molecular weight is 512 g/mol. The van der Waals surface area contributed by atoms with E-state index >= 15 is 0 Å². The Morgan fingerprint density at radius 2 is 1.45 bits per heavy atom. The van der Waals surface area contributed by atoms with Gasteiger partial charge in [0.1, 0.15) is 12.4 Å². The number of ether oxygens (including phenoxy) is 3. The maximum Gasteiger partial charge on any atom is 0.340 e. The summed E-state index contributed by atoms with van der Waals surface area (Å²) in [6.45, 7) is 7.76. The molecule has 0 bridgehead atoms. The van der Waals surface area contributed by atoms with Crippen molar-refractivity contribution in [2.45, 2.75) is 34.3 Å². The zero-order chi connectivity index (χ0) is 24.0. The molecule has 0 atom stereocenters. The first kappa shape index (κ1) is 24.5. The van der Waals surface area contributed by atoms with Gasteiger partial charge in [0.2, 0.25) is 0 Å². The molecule has 0 aliphatic heterocycles. The molecule has 0 unspecified atom stereocenters. The first-order valence-electron chi connectivity index (χ1n) is 10.7. The van der Waals surface area contributed by atoms with Crippen LogP contribution in [0.4, 0.5) is 0 Å². The van der Waals surface area contributed by atoms with Crippen LogP contribution in [0.1, 0.15) is 51.5 Å². The van der Waals surface area contributed by atoms with Gasteiger partial charge in [-0.2, -0.15) is 0 Å². The van der Waals surface area contributed by atoms with Gasteiger partial charge in [0.15, 0.2) is 0 Å². The average Bonchev–Trinajstić information content (AvgIpc) is 2.78. The summed E-state index contributed by atoms with van der Waals surface area (Å²) in [6, 6.07) is 15.1. The number of pyridine rings is 1. The number of carbonyl (C=O) groups excluding carboxylic acids is 2. The minimum Gasteiger partial charge on any atom is -0.489 e. The molecule has 0 amide bonds. The molecule has 0 fully saturated rings. The second-order valence-electron chi connectivity index (χ2n) is 7.29. The second-order valence-corrected chi connectivity index (χ2v) is 8.21. The van der Waals surface area contributed by atoms with Gasteiger partial charge in [0.25, 0.3) is 0 Å². The van der Waals surface area contributed by atoms with E-state index in [-0.39, 0.29) is 24.3 Å². The lowest BCUT2D eigenvalue weighted by Crippen LogP contribution is -2.17. The van der Waals surface area contributed by atoms with Crippen molar-refractivity contribution in [3.63, 3.8) is 0 Å². The Hall–Kier alpha value is -3.19. The van der Waals surface area contributed by atoms with E-state index in [1.54, 1.807) is 27.7 Å². The number of benzene rings is 2. The maximum atomic E-state index is 12.8. The van der Waals surface area contributed by atoms with Gasteiger partial charge in [-0.05, 0) is 63.1 Å². The van der Waals surface area contributed by atoms with Gasteiger partial charge in [0, 0.05) is 10.0 Å². The monoisotopic (exact) mass is 511 g/mol. The number of carbonyl (C=O) groups is 2. The van der Waals surface area contributed by atoms with Crippen LogP contribution >= 0.6 is 15.9 Å². The number of nitrogens with zero attached hydrogens (tertiary/aromatic N) is 1. The molecular formula is C26H26BrNO5. The van der Waals surface area contributed by atoms with Crippen molar-refractivity contribution >= 4 is 27.9 Å². The highest BCUT2D eigenvalue weighted by atomic mass is 79.9. The van der Waals surface area contributed by atoms with E-state index in [4.69, 9.17) is 14.2 Å². The molecule has 3 aromatic rings. The van der Waals surface area contributed by atoms with Crippen LogP contribution in [0.15, 0.2) is 53.0 Å². The molecule has 0 radical (unpaired) electrons. The quantitative estimate of drug-likeness (QED) is 0.342. The number of aryl methyl sites for hydroxylation is 2. The van der Waals surface area contributed by atoms with E-state index in [9.17, 15) is 9.59 Å². The highest BCUT2D eigenvalue weighted by molar-refractivity contribution is 9.10. The van der Waals surface area contributed by atoms with Crippen molar-refractivity contribution in [3.05, 3.63) is 81.1 Å². The van der Waals surface area contributed by atoms with E-state index < -0.39 is 11.9 Å². The van der Waals surface area contributed by atoms with Gasteiger partial charge in [-0.3, -0.25) is 4.98 Å². The van der Waals surface area contributed by atoms with E-state index in [1.165, 1.54) is 0 Å². The molecule has 0 N–H and O–H groups in total. The SMILES string of the molecule is CCOC(=O)c1c(C)nc(C)c(C(=O)OCC)c1-c1ccc(OCc2cccc(Br)c2)cc1. The number of esters is 2. The Bertz CT molecular complexity index is 1120. The molecule has 1 aromatic heterocycles. The molecule has 7 heteroatoms. The Morgan fingerprint density at radius 3 is 1.97 bits per heavy atom. The number of halogens is 1. The fourth-order valence-corrected chi connectivity index (χ4v) is 4.00. The van der Waals surface area contributed by atoms with E-state index in [1.807, 2.05) is 48.5 Å². The van der Waals surface area contributed by atoms with Crippen molar-refractivity contribution in [1.82, 2.24) is 4.98 Å². The predicted octanol–water partition coefficient (Wildman–Crippen LogP) is 6.06. The standard InChI is InChI=1S/C26H26BrNO5/c1-5-31-25(29)22-16(3)28-17(4)23(26(30)32-6-2)24(22)19-10-12-21(13-11-19)33-15-18-8-7-9-20(27)14-18/h7-14H,5-6,15H2,1-4H3. The summed E-state index contributed by atoms with van der Waals surface area (Å²) in [5.41, 5.74) is 3.65. The summed E-state index contributed by atoms with van der Waals surface area (Å²) in [5, 5.41) is 0. The van der Waals surface area contributed by atoms with Crippen LogP contribution in [0.5, 0.6) is 5.75 Å². The summed E-state index contributed by atoms with van der Waals surface area (Å²) in [7, 11) is 0. The molecule has 0 saturated heterocycles. The number of aromatic nitrogens is 1. The third-order valence-corrected chi connectivity index (χ3v) is 5.45. The molecule has 0 aliphatic rings. The van der Waals surface area contributed by atoms with Crippen molar-refractivity contribution in [1.29, 1.82) is 0 Å². The molecule has 1 heterocycles. The fourth-order valence-electron chi connectivity index (χ4n) is 3.56. The Balaban J connectivity index is 2.02. The van der Waals surface area contributed by atoms with Crippen LogP contribution in [0.25, 0.3) is 11.1 Å². The molecule has 33 heavy (non-hydrogen) atoms. The summed E-state index contributed by atoms with van der Waals surface area (Å²) < 4.78 is 17.4. The minimum atomic E-state index is -0.530. The van der Waals surface area contributed by atoms with Crippen molar-refractivity contribution in [3.8, 4) is 16.9 Å². The van der Waals surface area contributed by atoms with Gasteiger partial charge in [-0.1, -0.05) is 40.2 Å². The maximum absolute atomic E-state index is 12.8. The van der Waals surface area contributed by atoms with Gasteiger partial charge >= 0.3 is 11.9 Å². The Labute approximate surface area is 202 Å². The number of hydrogen-bond acceptors (Lipinski definition) is 6. The minimum absolute atomic E-state index is 0.211. The molecular weight excluding hydrogens is 486 g/mol. The third-order valence-electron chi connectivity index (χ3n) is 4.96. The summed E-state index contributed by atoms with van der Waals surface area (Å²) in [4.78, 5) is 30.1. The zero-order valence-electron chi connectivity index (χ0n) is 19.1. The molecule has 172 valence electrons. The zero-order valence-corrected chi connectivity index (χ0v) is 20.7. The van der Waals surface area contributed by atoms with Gasteiger partial charge < -0.3 is 14.2 Å². The highest BCUT2D eigenvalue weighted by Crippen LogP contribution is 2.33. The first-order valence-corrected chi connectivity index (χ1v) is 11.5. The third kappa shape index (κ3) is 5.79. The van der Waals surface area contributed by atoms with Crippen molar-refractivity contribution in [2.24, 2.45) is 0 Å². The van der Waals surface area contributed by atoms with Crippen LogP contribution in [0, 0.1) is 13.8 Å². The normalized spacial score (nSPS) is 10.6. The van der Waals surface area contributed by atoms with E-state index in [2.05, 4.69) is 20.9 Å². The lowest BCUT2D eigenvalue weighted by atomic mass is 9.92. The second kappa shape index (κ2) is 11.1. The topological polar surface area (TPSA) is 74.7 Å². The van der Waals surface area contributed by atoms with Crippen LogP contribution in [0.2, 0.25) is 0 Å². The van der Waals surface area contributed by atoms with E-state index in [0.29, 0.717) is 34.9 Å². The molecule has 0 spiro atoms. The van der Waals surface area contributed by atoms with E-state index in [0.717, 1.165) is 10.0 Å². The van der Waals surface area contributed by atoms with Gasteiger partial charge in [-0.15, -0.1) is 0 Å². The Morgan fingerprint density at radius 1 is 0.879 bits per heavy atom. The lowest BCUT2D eigenvalue weighted by molar-refractivity contribution is 0.0525. The van der Waals surface area contributed by atoms with Crippen LogP contribution < -0.4 is 4.74 Å². The molecule has 6 nitrogen and oxygen atoms in total. The summed E-state index contributed by atoms with van der Waals surface area (Å²) >= 11 is 3.46. The van der Waals surface area contributed by atoms with Gasteiger partial charge in [-0.25, -0.2) is 9.59 Å². The largest absolute Gasteiger partial charge is 0.489 e. The van der Waals surface area contributed by atoms with Crippen molar-refractivity contribution < 1.29 is 23.8 Å². The fraction of sp³-hybridized carbons (Fsp3) is 0.269.